The molecule has 1 aromatic heterocycles. The van der Waals surface area contributed by atoms with Gasteiger partial charge in [-0.2, -0.15) is 4.31 Å². The molecule has 188 valence electrons. The Labute approximate surface area is 218 Å². The topological polar surface area (TPSA) is 106 Å². The van der Waals surface area contributed by atoms with Crippen LogP contribution in [-0.4, -0.2) is 42.7 Å². The van der Waals surface area contributed by atoms with Crippen LogP contribution in [0.4, 0.5) is 5.13 Å². The first-order chi connectivity index (χ1) is 17.9. The summed E-state index contributed by atoms with van der Waals surface area (Å²) in [5, 5.41) is 4.82. The Morgan fingerprint density at radius 2 is 1.73 bits per heavy atom. The SMILES string of the molecule is O=C(COC(=O)c1cccc(S(=O)(=O)N2CCc3ccccc3C2)c1)Nc1nc(-c2ccccc2)cs1. The Morgan fingerprint density at radius 1 is 0.973 bits per heavy atom. The molecule has 5 rings (SSSR count). The van der Waals surface area contributed by atoms with Gasteiger partial charge in [-0.15, -0.1) is 11.3 Å². The van der Waals surface area contributed by atoms with Crippen LogP contribution in [0.2, 0.25) is 0 Å². The van der Waals surface area contributed by atoms with Crippen LogP contribution in [0.25, 0.3) is 11.3 Å². The van der Waals surface area contributed by atoms with E-state index in [9.17, 15) is 18.0 Å². The maximum atomic E-state index is 13.2. The lowest BCUT2D eigenvalue weighted by Crippen LogP contribution is -2.36. The zero-order valence-corrected chi connectivity index (χ0v) is 21.3. The Balaban J connectivity index is 1.20. The predicted molar refractivity (Wildman–Crippen MR) is 141 cm³/mol. The highest BCUT2D eigenvalue weighted by atomic mass is 32.2. The van der Waals surface area contributed by atoms with Gasteiger partial charge in [-0.3, -0.25) is 10.1 Å². The molecule has 1 N–H and O–H groups in total. The van der Waals surface area contributed by atoms with Gasteiger partial charge in [0.25, 0.3) is 5.91 Å². The second-order valence-corrected chi connectivity index (χ2v) is 11.2. The lowest BCUT2D eigenvalue weighted by Gasteiger charge is -2.28. The summed E-state index contributed by atoms with van der Waals surface area (Å²) >= 11 is 1.26. The third kappa shape index (κ3) is 5.61. The molecule has 1 aliphatic heterocycles. The van der Waals surface area contributed by atoms with Crippen molar-refractivity contribution < 1.29 is 22.7 Å². The van der Waals surface area contributed by atoms with E-state index < -0.39 is 28.5 Å². The molecule has 0 radical (unpaired) electrons. The number of fused-ring (bicyclic) bond motifs is 1. The summed E-state index contributed by atoms with van der Waals surface area (Å²) in [6, 6.07) is 23.0. The standard InChI is InChI=1S/C27H23N3O5S2/c31-25(29-27-28-24(18-36-27)20-8-2-1-3-9-20)17-35-26(32)21-11-6-12-23(15-21)37(33,34)30-14-13-19-7-4-5-10-22(19)16-30/h1-12,15,18H,13-14,16-17H2,(H,28,29,31). The number of nitrogens with one attached hydrogen (secondary N) is 1. The van der Waals surface area contributed by atoms with Gasteiger partial charge < -0.3 is 4.74 Å². The first-order valence-electron chi connectivity index (χ1n) is 11.5. The largest absolute Gasteiger partial charge is 0.452 e. The normalized spacial score (nSPS) is 13.5. The van der Waals surface area contributed by atoms with E-state index in [2.05, 4.69) is 10.3 Å². The predicted octanol–water partition coefficient (Wildman–Crippen LogP) is 4.35. The van der Waals surface area contributed by atoms with E-state index in [0.717, 1.165) is 22.4 Å². The van der Waals surface area contributed by atoms with E-state index in [4.69, 9.17) is 4.74 Å². The molecule has 1 aliphatic rings. The first kappa shape index (κ1) is 24.8. The Morgan fingerprint density at radius 3 is 2.54 bits per heavy atom. The van der Waals surface area contributed by atoms with E-state index in [1.807, 2.05) is 60.0 Å². The van der Waals surface area contributed by atoms with Crippen LogP contribution in [-0.2, 0) is 32.5 Å². The Bertz CT molecular complexity index is 1550. The van der Waals surface area contributed by atoms with E-state index in [-0.39, 0.29) is 17.0 Å². The molecule has 4 aromatic rings. The second-order valence-electron chi connectivity index (χ2n) is 8.41. The molecule has 0 spiro atoms. The van der Waals surface area contributed by atoms with Crippen molar-refractivity contribution in [3.63, 3.8) is 0 Å². The number of sulfonamides is 1. The highest BCUT2D eigenvalue weighted by molar-refractivity contribution is 7.89. The van der Waals surface area contributed by atoms with Gasteiger partial charge in [-0.25, -0.2) is 18.2 Å². The van der Waals surface area contributed by atoms with Crippen LogP contribution >= 0.6 is 11.3 Å². The van der Waals surface area contributed by atoms with Crippen LogP contribution in [0.5, 0.6) is 0 Å². The average Bonchev–Trinajstić information content (AvgIpc) is 3.40. The summed E-state index contributed by atoms with van der Waals surface area (Å²) in [6.07, 6.45) is 0.623. The second kappa shape index (κ2) is 10.6. The minimum absolute atomic E-state index is 0.00186. The zero-order valence-electron chi connectivity index (χ0n) is 19.7. The summed E-state index contributed by atoms with van der Waals surface area (Å²) in [4.78, 5) is 29.3. The fourth-order valence-electron chi connectivity index (χ4n) is 4.05. The molecule has 0 fully saturated rings. The van der Waals surface area contributed by atoms with Crippen LogP contribution < -0.4 is 5.32 Å². The molecule has 0 bridgehead atoms. The number of thiazole rings is 1. The van der Waals surface area contributed by atoms with Gasteiger partial charge in [0.15, 0.2) is 11.7 Å². The molecule has 2 heterocycles. The smallest absolute Gasteiger partial charge is 0.338 e. The molecule has 0 aliphatic carbocycles. The number of carbonyl (C=O) groups excluding carboxylic acids is 2. The minimum Gasteiger partial charge on any atom is -0.452 e. The van der Waals surface area contributed by atoms with E-state index >= 15 is 0 Å². The van der Waals surface area contributed by atoms with Gasteiger partial charge in [-0.1, -0.05) is 60.7 Å². The number of benzene rings is 3. The molecule has 8 nitrogen and oxygen atoms in total. The number of carbonyl (C=O) groups is 2. The summed E-state index contributed by atoms with van der Waals surface area (Å²) < 4.78 is 33.0. The fourth-order valence-corrected chi connectivity index (χ4v) is 6.25. The molecule has 37 heavy (non-hydrogen) atoms. The average molecular weight is 534 g/mol. The van der Waals surface area contributed by atoms with Crippen molar-refractivity contribution in [2.24, 2.45) is 0 Å². The minimum atomic E-state index is -3.81. The third-order valence-corrected chi connectivity index (χ3v) is 8.56. The zero-order chi connectivity index (χ0) is 25.8. The van der Waals surface area contributed by atoms with Crippen molar-refractivity contribution in [1.29, 1.82) is 0 Å². The summed E-state index contributed by atoms with van der Waals surface area (Å²) in [5.74, 6) is -1.33. The summed E-state index contributed by atoms with van der Waals surface area (Å²) in [7, 11) is -3.81. The van der Waals surface area contributed by atoms with Crippen LogP contribution in [0, 0.1) is 0 Å². The number of anilines is 1. The van der Waals surface area contributed by atoms with E-state index in [0.29, 0.717) is 18.1 Å². The molecule has 0 saturated heterocycles. The number of aromatic nitrogens is 1. The summed E-state index contributed by atoms with van der Waals surface area (Å²) in [6.45, 7) is 0.103. The quantitative estimate of drug-likeness (QED) is 0.354. The Kier molecular flexibility index (Phi) is 7.13. The van der Waals surface area contributed by atoms with Crippen molar-refractivity contribution in [2.45, 2.75) is 17.9 Å². The number of esters is 1. The third-order valence-electron chi connectivity index (χ3n) is 5.96. The number of hydrogen-bond donors (Lipinski definition) is 1. The number of rotatable bonds is 7. The highest BCUT2D eigenvalue weighted by Gasteiger charge is 2.29. The monoisotopic (exact) mass is 533 g/mol. The molecule has 10 heteroatoms. The molecular formula is C27H23N3O5S2. The van der Waals surface area contributed by atoms with Gasteiger partial charge in [0.05, 0.1) is 16.2 Å². The van der Waals surface area contributed by atoms with Crippen LogP contribution in [0.1, 0.15) is 21.5 Å². The first-order valence-corrected chi connectivity index (χ1v) is 13.9. The number of ether oxygens (including phenoxy) is 1. The van der Waals surface area contributed by atoms with Gasteiger partial charge in [0.1, 0.15) is 0 Å². The van der Waals surface area contributed by atoms with Crippen LogP contribution in [0.3, 0.4) is 0 Å². The molecule has 1 amide bonds. The van der Waals surface area contributed by atoms with Crippen molar-refractivity contribution >= 4 is 38.4 Å². The van der Waals surface area contributed by atoms with E-state index in [1.165, 1.54) is 39.9 Å². The van der Waals surface area contributed by atoms with Crippen molar-refractivity contribution in [1.82, 2.24) is 9.29 Å². The molecular weight excluding hydrogens is 510 g/mol. The molecule has 0 saturated carbocycles. The lowest BCUT2D eigenvalue weighted by atomic mass is 10.0. The van der Waals surface area contributed by atoms with Gasteiger partial charge in [0.2, 0.25) is 10.0 Å². The van der Waals surface area contributed by atoms with Gasteiger partial charge in [0, 0.05) is 24.0 Å². The maximum absolute atomic E-state index is 13.2. The van der Waals surface area contributed by atoms with Crippen molar-refractivity contribution in [3.8, 4) is 11.3 Å². The van der Waals surface area contributed by atoms with Gasteiger partial charge in [-0.05, 0) is 35.7 Å². The van der Waals surface area contributed by atoms with Gasteiger partial charge >= 0.3 is 5.97 Å². The molecule has 0 atom stereocenters. The number of nitrogens with zero attached hydrogens (tertiary/aromatic N) is 2. The summed E-state index contributed by atoms with van der Waals surface area (Å²) in [5.41, 5.74) is 3.81. The molecule has 3 aromatic carbocycles. The van der Waals surface area contributed by atoms with Crippen molar-refractivity contribution in [3.05, 3.63) is 101 Å². The highest BCUT2D eigenvalue weighted by Crippen LogP contribution is 2.26. The lowest BCUT2D eigenvalue weighted by molar-refractivity contribution is -0.119. The van der Waals surface area contributed by atoms with E-state index in [1.54, 1.807) is 0 Å². The molecule has 0 unspecified atom stereocenters. The van der Waals surface area contributed by atoms with Crippen LogP contribution in [0.15, 0.2) is 89.1 Å². The maximum Gasteiger partial charge on any atom is 0.338 e. The Hall–Kier alpha value is -3.86. The van der Waals surface area contributed by atoms with Crippen molar-refractivity contribution in [2.75, 3.05) is 18.5 Å². The number of amides is 1. The fraction of sp³-hybridized carbons (Fsp3) is 0.148. The number of hydrogen-bond acceptors (Lipinski definition) is 7.